The lowest BCUT2D eigenvalue weighted by atomic mass is 10.2. The van der Waals surface area contributed by atoms with Crippen LogP contribution in [-0.4, -0.2) is 21.9 Å². The zero-order valence-electron chi connectivity index (χ0n) is 14.2. The molecule has 6 nitrogen and oxygen atoms in total. The summed E-state index contributed by atoms with van der Waals surface area (Å²) < 4.78 is 6.70. The van der Waals surface area contributed by atoms with Crippen LogP contribution >= 0.6 is 34.7 Å². The molecule has 4 aromatic rings. The van der Waals surface area contributed by atoms with E-state index in [1.165, 1.54) is 11.3 Å². The number of hydrogen-bond acceptors (Lipinski definition) is 7. The number of benzene rings is 2. The lowest BCUT2D eigenvalue weighted by Gasteiger charge is -2.03. The predicted molar refractivity (Wildman–Crippen MR) is 111 cm³/mol. The molecular weight excluding hydrogens is 416 g/mol. The van der Waals surface area contributed by atoms with Gasteiger partial charge in [0, 0.05) is 15.8 Å². The summed E-state index contributed by atoms with van der Waals surface area (Å²) in [5.74, 6) is 0.234. The summed E-state index contributed by atoms with van der Waals surface area (Å²) in [5, 5.41) is 21.4. The minimum Gasteiger partial charge on any atom is -0.410 e. The summed E-state index contributed by atoms with van der Waals surface area (Å²) >= 11 is 9.05. The second-order valence-electron chi connectivity index (χ2n) is 5.64. The molecule has 0 atom stereocenters. The number of anilines is 1. The van der Waals surface area contributed by atoms with E-state index in [0.717, 1.165) is 21.8 Å². The Bertz CT molecular complexity index is 1190. The molecule has 2 aromatic heterocycles. The lowest BCUT2D eigenvalue weighted by molar-refractivity contribution is -0.113. The molecule has 0 unspecified atom stereocenters. The summed E-state index contributed by atoms with van der Waals surface area (Å²) in [5.41, 5.74) is 1.15. The molecule has 1 N–H and O–H groups in total. The molecule has 0 saturated carbocycles. The van der Waals surface area contributed by atoms with Crippen molar-refractivity contribution in [1.82, 2.24) is 10.2 Å². The average molecular weight is 427 g/mol. The number of rotatable bonds is 5. The van der Waals surface area contributed by atoms with Crippen LogP contribution in [0.2, 0.25) is 5.02 Å². The maximum atomic E-state index is 12.1. The van der Waals surface area contributed by atoms with Gasteiger partial charge in [-0.1, -0.05) is 41.6 Å². The Morgan fingerprint density at radius 1 is 1.21 bits per heavy atom. The smallest absolute Gasteiger partial charge is 0.277 e. The molecule has 0 saturated heterocycles. The highest BCUT2D eigenvalue weighted by Crippen LogP contribution is 2.41. The van der Waals surface area contributed by atoms with E-state index in [1.54, 1.807) is 24.3 Å². The van der Waals surface area contributed by atoms with Gasteiger partial charge in [0.15, 0.2) is 0 Å². The number of amides is 1. The topological polar surface area (TPSA) is 91.8 Å². The first-order valence-electron chi connectivity index (χ1n) is 8.08. The maximum absolute atomic E-state index is 12.1. The van der Waals surface area contributed by atoms with Gasteiger partial charge in [0.25, 0.3) is 11.1 Å². The lowest BCUT2D eigenvalue weighted by Crippen LogP contribution is -2.13. The monoisotopic (exact) mass is 426 g/mol. The number of aromatic nitrogens is 2. The van der Waals surface area contributed by atoms with Gasteiger partial charge in [-0.2, -0.15) is 5.26 Å². The Labute approximate surface area is 173 Å². The number of thioether (sulfide) groups is 1. The largest absolute Gasteiger partial charge is 0.410 e. The zero-order valence-corrected chi connectivity index (χ0v) is 16.6. The second-order valence-corrected chi connectivity index (χ2v) is 8.00. The van der Waals surface area contributed by atoms with Crippen molar-refractivity contribution in [2.75, 3.05) is 11.1 Å². The molecule has 138 valence electrons. The number of thiophene rings is 1. The van der Waals surface area contributed by atoms with E-state index in [2.05, 4.69) is 15.5 Å². The van der Waals surface area contributed by atoms with Crippen molar-refractivity contribution in [1.29, 1.82) is 5.26 Å². The van der Waals surface area contributed by atoms with Crippen LogP contribution in [0, 0.1) is 11.3 Å². The van der Waals surface area contributed by atoms with Gasteiger partial charge < -0.3 is 9.73 Å². The van der Waals surface area contributed by atoms with Gasteiger partial charge in [-0.05, 0) is 30.3 Å². The van der Waals surface area contributed by atoms with Crippen molar-refractivity contribution in [3.8, 4) is 16.8 Å². The minimum atomic E-state index is -0.214. The molecule has 2 aromatic carbocycles. The molecule has 4 rings (SSSR count). The normalized spacial score (nSPS) is 10.7. The van der Waals surface area contributed by atoms with Crippen molar-refractivity contribution in [2.24, 2.45) is 0 Å². The number of nitrogens with zero attached hydrogens (tertiary/aromatic N) is 3. The summed E-state index contributed by atoms with van der Waals surface area (Å²) in [7, 11) is 0. The summed E-state index contributed by atoms with van der Waals surface area (Å²) in [4.78, 5) is 12.8. The quantitative estimate of drug-likeness (QED) is 0.440. The number of nitrogens with one attached hydrogen (secondary N) is 1. The van der Waals surface area contributed by atoms with Gasteiger partial charge >= 0.3 is 0 Å². The number of fused-ring (bicyclic) bond motifs is 1. The van der Waals surface area contributed by atoms with E-state index in [0.29, 0.717) is 32.3 Å². The summed E-state index contributed by atoms with van der Waals surface area (Å²) in [6.07, 6.45) is 0. The van der Waals surface area contributed by atoms with Gasteiger partial charge in [0.2, 0.25) is 5.91 Å². The Balaban J connectivity index is 1.41. The van der Waals surface area contributed by atoms with Gasteiger partial charge in [-0.3, -0.25) is 4.79 Å². The molecule has 0 aliphatic heterocycles. The van der Waals surface area contributed by atoms with E-state index in [9.17, 15) is 4.79 Å². The van der Waals surface area contributed by atoms with Gasteiger partial charge in [-0.25, -0.2) is 0 Å². The molecular formula is C19H11ClN4O2S2. The third kappa shape index (κ3) is 3.87. The van der Waals surface area contributed by atoms with E-state index in [1.807, 2.05) is 30.3 Å². The average Bonchev–Trinajstić information content (AvgIpc) is 3.32. The number of hydrogen-bond donors (Lipinski definition) is 1. The van der Waals surface area contributed by atoms with Gasteiger partial charge in [0.05, 0.1) is 22.4 Å². The maximum Gasteiger partial charge on any atom is 0.277 e. The molecule has 0 spiro atoms. The molecule has 0 fully saturated rings. The van der Waals surface area contributed by atoms with Crippen molar-refractivity contribution in [2.45, 2.75) is 5.22 Å². The van der Waals surface area contributed by atoms with Crippen molar-refractivity contribution < 1.29 is 9.21 Å². The predicted octanol–water partition coefficient (Wildman–Crippen LogP) is 5.21. The molecule has 0 bridgehead atoms. The number of carbonyl (C=O) groups excluding carboxylic acids is 1. The van der Waals surface area contributed by atoms with Crippen molar-refractivity contribution in [3.63, 3.8) is 0 Å². The second kappa shape index (κ2) is 8.02. The highest BCUT2D eigenvalue weighted by atomic mass is 35.5. The number of carbonyl (C=O) groups is 1. The first-order chi connectivity index (χ1) is 13.6. The van der Waals surface area contributed by atoms with Crippen LogP contribution in [0.25, 0.3) is 20.9 Å². The van der Waals surface area contributed by atoms with Crippen molar-refractivity contribution >= 4 is 56.4 Å². The SMILES string of the molecule is N#Cc1ccc(NC(=O)CSc2nnc(-c3sc4ccccc4c3Cl)o2)cc1. The molecule has 9 heteroatoms. The third-order valence-corrected chi connectivity index (χ3v) is 6.24. The van der Waals surface area contributed by atoms with Crippen LogP contribution in [0.15, 0.2) is 58.2 Å². The van der Waals surface area contributed by atoms with Gasteiger partial charge in [-0.15, -0.1) is 21.5 Å². The van der Waals surface area contributed by atoms with Crippen LogP contribution in [0.5, 0.6) is 0 Å². The van der Waals surface area contributed by atoms with Crippen LogP contribution < -0.4 is 5.32 Å². The molecule has 0 aliphatic rings. The molecule has 28 heavy (non-hydrogen) atoms. The summed E-state index contributed by atoms with van der Waals surface area (Å²) in [6.45, 7) is 0. The fourth-order valence-corrected chi connectivity index (χ4v) is 4.46. The fourth-order valence-electron chi connectivity index (χ4n) is 2.46. The standard InChI is InChI=1S/C19H11ClN4O2S2/c20-16-13-3-1-2-4-14(13)28-17(16)18-23-24-19(26-18)27-10-15(25)22-12-7-5-11(9-21)6-8-12/h1-8H,10H2,(H,22,25). The van der Waals surface area contributed by atoms with Crippen LogP contribution in [0.1, 0.15) is 5.56 Å². The zero-order chi connectivity index (χ0) is 19.5. The van der Waals surface area contributed by atoms with E-state index < -0.39 is 0 Å². The minimum absolute atomic E-state index is 0.113. The van der Waals surface area contributed by atoms with Crippen molar-refractivity contribution in [3.05, 3.63) is 59.1 Å². The number of nitriles is 1. The molecule has 1 amide bonds. The van der Waals surface area contributed by atoms with Crippen LogP contribution in [-0.2, 0) is 4.79 Å². The van der Waals surface area contributed by atoms with Gasteiger partial charge in [0.1, 0.15) is 4.88 Å². The first kappa shape index (κ1) is 18.5. The summed E-state index contributed by atoms with van der Waals surface area (Å²) in [6, 6.07) is 16.5. The molecule has 2 heterocycles. The Hall–Kier alpha value is -2.86. The Morgan fingerprint density at radius 2 is 2.00 bits per heavy atom. The molecule has 0 radical (unpaired) electrons. The van der Waals surface area contributed by atoms with Crippen LogP contribution in [0.4, 0.5) is 5.69 Å². The third-order valence-electron chi connectivity index (χ3n) is 3.76. The Morgan fingerprint density at radius 3 is 2.75 bits per heavy atom. The molecule has 0 aliphatic carbocycles. The van der Waals surface area contributed by atoms with E-state index >= 15 is 0 Å². The Kier molecular flexibility index (Phi) is 5.30. The van der Waals surface area contributed by atoms with E-state index in [4.69, 9.17) is 21.3 Å². The highest BCUT2D eigenvalue weighted by molar-refractivity contribution is 7.99. The van der Waals surface area contributed by atoms with E-state index in [-0.39, 0.29) is 11.7 Å². The first-order valence-corrected chi connectivity index (χ1v) is 10.3. The fraction of sp³-hybridized carbons (Fsp3) is 0.0526. The number of halogens is 1. The van der Waals surface area contributed by atoms with Crippen LogP contribution in [0.3, 0.4) is 0 Å². The highest BCUT2D eigenvalue weighted by Gasteiger charge is 2.18.